The number of aromatic carboxylic acids is 1. The summed E-state index contributed by atoms with van der Waals surface area (Å²) < 4.78 is 21.2. The van der Waals surface area contributed by atoms with Gasteiger partial charge in [0, 0.05) is 13.3 Å². The highest BCUT2D eigenvalue weighted by Crippen LogP contribution is 2.27. The predicted octanol–water partition coefficient (Wildman–Crippen LogP) is 6.57. The molecule has 1 aromatic heterocycles. The molecule has 10 heteroatoms. The molecule has 1 N–H and O–H groups in total. The standard InChI is InChI=1S/C25H22N2O6.C5H10O2.C2H6/c1-16-21(24(28)27(26-16)19-9-7-18(8-10-19)25(29)30)14-17-5-11-22(31-2)23(12-6-17)33-15-20-4-3-13-32-20;1-3-4-7-5(2)6;1-2/h3-10,12-14H,11,15H2,1-2H3,(H,29,30);3-4H2,1-2H3;1-2H3/b21-14-;;. The van der Waals surface area contributed by atoms with Crippen LogP contribution in [0.1, 0.15) is 63.6 Å². The van der Waals surface area contributed by atoms with Crippen molar-refractivity contribution in [1.29, 1.82) is 0 Å². The monoisotopic (exact) mass is 578 g/mol. The summed E-state index contributed by atoms with van der Waals surface area (Å²) in [6.07, 6.45) is 10.3. The molecule has 10 nitrogen and oxygen atoms in total. The summed E-state index contributed by atoms with van der Waals surface area (Å²) in [6, 6.07) is 9.63. The Bertz CT molecular complexity index is 1360. The fourth-order valence-corrected chi connectivity index (χ4v) is 3.62. The zero-order valence-corrected chi connectivity index (χ0v) is 24.9. The van der Waals surface area contributed by atoms with Gasteiger partial charge in [-0.3, -0.25) is 9.59 Å². The molecule has 0 radical (unpaired) electrons. The number of hydrazone groups is 1. The number of nitrogens with zero attached hydrogens (tertiary/aromatic N) is 2. The number of esters is 1. The number of hydrogen-bond donors (Lipinski definition) is 1. The van der Waals surface area contributed by atoms with Crippen LogP contribution in [0.15, 0.2) is 99.1 Å². The second-order valence-electron chi connectivity index (χ2n) is 8.65. The summed E-state index contributed by atoms with van der Waals surface area (Å²) in [5, 5.41) is 14.7. The Hall–Kier alpha value is -4.86. The van der Waals surface area contributed by atoms with E-state index in [0.29, 0.717) is 47.3 Å². The zero-order chi connectivity index (χ0) is 31.1. The van der Waals surface area contributed by atoms with Crippen molar-refractivity contribution in [3.63, 3.8) is 0 Å². The maximum absolute atomic E-state index is 13.0. The van der Waals surface area contributed by atoms with E-state index in [1.165, 1.54) is 24.1 Å². The highest BCUT2D eigenvalue weighted by molar-refractivity contribution is 6.30. The lowest BCUT2D eigenvalue weighted by Crippen LogP contribution is -2.21. The van der Waals surface area contributed by atoms with Gasteiger partial charge < -0.3 is 23.7 Å². The summed E-state index contributed by atoms with van der Waals surface area (Å²) >= 11 is 0. The third kappa shape index (κ3) is 9.65. The van der Waals surface area contributed by atoms with Crippen LogP contribution in [0.25, 0.3) is 0 Å². The maximum atomic E-state index is 13.0. The van der Waals surface area contributed by atoms with Crippen molar-refractivity contribution in [2.45, 2.75) is 54.1 Å². The van der Waals surface area contributed by atoms with Gasteiger partial charge in [-0.1, -0.05) is 32.9 Å². The molecular weight excluding hydrogens is 540 g/mol. The van der Waals surface area contributed by atoms with E-state index in [1.54, 1.807) is 50.6 Å². The van der Waals surface area contributed by atoms with Crippen LogP contribution in [-0.4, -0.2) is 42.4 Å². The summed E-state index contributed by atoms with van der Waals surface area (Å²) in [4.78, 5) is 34.1. The Morgan fingerprint density at radius 1 is 1.14 bits per heavy atom. The van der Waals surface area contributed by atoms with E-state index in [9.17, 15) is 14.4 Å². The van der Waals surface area contributed by atoms with Gasteiger partial charge in [0.2, 0.25) is 0 Å². The zero-order valence-electron chi connectivity index (χ0n) is 24.9. The van der Waals surface area contributed by atoms with Crippen molar-refractivity contribution in [2.75, 3.05) is 18.7 Å². The van der Waals surface area contributed by atoms with E-state index in [4.69, 9.17) is 19.0 Å². The van der Waals surface area contributed by atoms with Crippen LogP contribution in [0.4, 0.5) is 5.69 Å². The third-order valence-electron chi connectivity index (χ3n) is 5.66. The number of amides is 1. The van der Waals surface area contributed by atoms with Gasteiger partial charge in [0.05, 0.1) is 42.5 Å². The van der Waals surface area contributed by atoms with Gasteiger partial charge in [0.1, 0.15) is 18.1 Å². The number of allylic oxidation sites excluding steroid dienone is 5. The first kappa shape index (κ1) is 33.3. The number of anilines is 1. The van der Waals surface area contributed by atoms with E-state index in [2.05, 4.69) is 9.84 Å². The first-order valence-electron chi connectivity index (χ1n) is 13.6. The molecule has 1 aromatic carbocycles. The van der Waals surface area contributed by atoms with Crippen molar-refractivity contribution in [3.8, 4) is 0 Å². The molecule has 42 heavy (non-hydrogen) atoms. The lowest BCUT2D eigenvalue weighted by molar-refractivity contribution is -0.140. The quantitative estimate of drug-likeness (QED) is 0.261. The number of methoxy groups -OCH3 is 1. The average molecular weight is 579 g/mol. The van der Waals surface area contributed by atoms with Crippen LogP contribution in [0.5, 0.6) is 0 Å². The average Bonchev–Trinajstić information content (AvgIpc) is 3.55. The molecule has 2 aromatic rings. The molecule has 0 fully saturated rings. The molecule has 0 unspecified atom stereocenters. The van der Waals surface area contributed by atoms with Crippen LogP contribution < -0.4 is 5.01 Å². The fourth-order valence-electron chi connectivity index (χ4n) is 3.62. The minimum absolute atomic E-state index is 0.141. The number of benzene rings is 1. The second kappa shape index (κ2) is 17.1. The van der Waals surface area contributed by atoms with Gasteiger partial charge in [0.15, 0.2) is 5.76 Å². The van der Waals surface area contributed by atoms with Gasteiger partial charge in [-0.25, -0.2) is 4.79 Å². The van der Waals surface area contributed by atoms with Crippen molar-refractivity contribution in [1.82, 2.24) is 0 Å². The molecule has 0 bridgehead atoms. The Morgan fingerprint density at radius 2 is 1.86 bits per heavy atom. The summed E-state index contributed by atoms with van der Waals surface area (Å²) in [5.41, 5.74) is 2.46. The topological polar surface area (TPSA) is 128 Å². The maximum Gasteiger partial charge on any atom is 0.335 e. The van der Waals surface area contributed by atoms with Gasteiger partial charge in [0.25, 0.3) is 5.91 Å². The van der Waals surface area contributed by atoms with Gasteiger partial charge >= 0.3 is 11.9 Å². The van der Waals surface area contributed by atoms with Gasteiger partial charge in [-0.2, -0.15) is 10.1 Å². The smallest absolute Gasteiger partial charge is 0.335 e. The molecule has 0 saturated heterocycles. The SMILES string of the molecule is CC.CCCOC(C)=O.COC1=C(OCc2ccco2)C=CC(/C=C2\C(=O)N(c3ccc(C(=O)O)cc3)N=C2C)=CC1. The highest BCUT2D eigenvalue weighted by Gasteiger charge is 2.29. The molecule has 1 aliphatic carbocycles. The lowest BCUT2D eigenvalue weighted by Gasteiger charge is -2.11. The van der Waals surface area contributed by atoms with Gasteiger partial charge in [-0.15, -0.1) is 0 Å². The molecule has 0 spiro atoms. The fraction of sp³-hybridized carbons (Fsp3) is 0.312. The van der Waals surface area contributed by atoms with Crippen molar-refractivity contribution in [3.05, 3.63) is 101 Å². The van der Waals surface area contributed by atoms with Gasteiger partial charge in [-0.05, 0) is 67.5 Å². The van der Waals surface area contributed by atoms with Crippen LogP contribution in [0.3, 0.4) is 0 Å². The second-order valence-corrected chi connectivity index (χ2v) is 8.65. The van der Waals surface area contributed by atoms with E-state index in [0.717, 1.165) is 12.0 Å². The number of ether oxygens (including phenoxy) is 3. The summed E-state index contributed by atoms with van der Waals surface area (Å²) in [5.74, 6) is 0.436. The Balaban J connectivity index is 0.000000601. The van der Waals surface area contributed by atoms with E-state index in [1.807, 2.05) is 39.0 Å². The predicted molar refractivity (Wildman–Crippen MR) is 160 cm³/mol. The normalized spacial score (nSPS) is 15.0. The number of hydrogen-bond acceptors (Lipinski definition) is 8. The molecule has 4 rings (SSSR count). The molecule has 0 atom stereocenters. The number of carbonyl (C=O) groups excluding carboxylic acids is 2. The summed E-state index contributed by atoms with van der Waals surface area (Å²) in [7, 11) is 1.58. The largest absolute Gasteiger partial charge is 0.497 e. The van der Waals surface area contributed by atoms with Crippen LogP contribution >= 0.6 is 0 Å². The van der Waals surface area contributed by atoms with Crippen LogP contribution in [0, 0.1) is 0 Å². The lowest BCUT2D eigenvalue weighted by atomic mass is 10.1. The molecule has 1 aliphatic heterocycles. The van der Waals surface area contributed by atoms with Crippen LogP contribution in [0.2, 0.25) is 0 Å². The van der Waals surface area contributed by atoms with E-state index in [-0.39, 0.29) is 24.0 Å². The molecule has 0 saturated carbocycles. The summed E-state index contributed by atoms with van der Waals surface area (Å²) in [6.45, 7) is 9.96. The number of furan rings is 1. The number of carbonyl (C=O) groups is 3. The Kier molecular flexibility index (Phi) is 13.5. The Morgan fingerprint density at radius 3 is 2.40 bits per heavy atom. The van der Waals surface area contributed by atoms with Crippen molar-refractivity contribution >= 4 is 29.2 Å². The molecule has 224 valence electrons. The van der Waals surface area contributed by atoms with Crippen molar-refractivity contribution in [2.24, 2.45) is 5.10 Å². The third-order valence-corrected chi connectivity index (χ3v) is 5.66. The molecular formula is C32H38N2O8. The number of carboxylic acids is 1. The Labute approximate surface area is 246 Å². The highest BCUT2D eigenvalue weighted by atomic mass is 16.5. The van der Waals surface area contributed by atoms with E-state index >= 15 is 0 Å². The number of rotatable bonds is 9. The molecule has 2 aliphatic rings. The van der Waals surface area contributed by atoms with E-state index < -0.39 is 5.97 Å². The number of carboxylic acid groups (broad SMARTS) is 1. The first-order chi connectivity index (χ1) is 20.2. The minimum atomic E-state index is -1.03. The van der Waals surface area contributed by atoms with Crippen LogP contribution in [-0.2, 0) is 30.4 Å². The molecule has 2 heterocycles. The van der Waals surface area contributed by atoms with Crippen molar-refractivity contribution < 1.29 is 38.1 Å². The first-order valence-corrected chi connectivity index (χ1v) is 13.6. The minimum Gasteiger partial charge on any atom is -0.497 e. The molecule has 1 amide bonds.